The Morgan fingerprint density at radius 3 is 2.76 bits per heavy atom. The summed E-state index contributed by atoms with van der Waals surface area (Å²) in [5.74, 6) is 0.394. The number of aliphatic hydroxyl groups excluding tert-OH is 1. The van der Waals surface area contributed by atoms with Crippen LogP contribution in [0.3, 0.4) is 0 Å². The molecule has 1 unspecified atom stereocenters. The van der Waals surface area contributed by atoms with Gasteiger partial charge < -0.3 is 20.9 Å². The Morgan fingerprint density at radius 2 is 2.19 bits per heavy atom. The molecular formula is C14H17N3O3S. The van der Waals surface area contributed by atoms with Gasteiger partial charge in [-0.15, -0.1) is 11.3 Å². The molecule has 1 heterocycles. The summed E-state index contributed by atoms with van der Waals surface area (Å²) < 4.78 is 5.05. The van der Waals surface area contributed by atoms with Gasteiger partial charge in [-0.3, -0.25) is 4.79 Å². The number of rotatable bonds is 6. The smallest absolute Gasteiger partial charge is 0.270 e. The van der Waals surface area contributed by atoms with Crippen molar-refractivity contribution in [2.75, 3.05) is 13.7 Å². The number of benzene rings is 1. The fourth-order valence-corrected chi connectivity index (χ4v) is 2.39. The van der Waals surface area contributed by atoms with E-state index in [1.54, 1.807) is 36.8 Å². The number of hydrogen-bond acceptors (Lipinski definition) is 6. The minimum absolute atomic E-state index is 0.112. The number of nitrogens with zero attached hydrogens (tertiary/aromatic N) is 1. The number of aromatic nitrogens is 1. The molecule has 21 heavy (non-hydrogen) atoms. The zero-order valence-corrected chi connectivity index (χ0v) is 12.4. The van der Waals surface area contributed by atoms with E-state index in [4.69, 9.17) is 10.5 Å². The van der Waals surface area contributed by atoms with Crippen molar-refractivity contribution in [3.8, 4) is 5.75 Å². The van der Waals surface area contributed by atoms with Crippen LogP contribution in [0.4, 0.5) is 0 Å². The quantitative estimate of drug-likeness (QED) is 0.742. The van der Waals surface area contributed by atoms with Crippen LogP contribution < -0.4 is 15.8 Å². The normalized spacial score (nSPS) is 12.0. The first kappa shape index (κ1) is 15.4. The standard InChI is InChI=1S/C14H17N3O3S/c1-20-10-4-2-9(3-5-10)12(18)7-16-14(19)11-8-21-13(6-15)17-11/h2-5,8,12,18H,6-7,15H2,1H3,(H,16,19). The highest BCUT2D eigenvalue weighted by Crippen LogP contribution is 2.17. The average Bonchev–Trinajstić information content (AvgIpc) is 3.01. The molecule has 0 spiro atoms. The molecule has 0 radical (unpaired) electrons. The monoisotopic (exact) mass is 307 g/mol. The predicted molar refractivity (Wildman–Crippen MR) is 80.3 cm³/mol. The van der Waals surface area contributed by atoms with Crippen molar-refractivity contribution >= 4 is 17.2 Å². The summed E-state index contributed by atoms with van der Waals surface area (Å²) in [6.07, 6.45) is -0.785. The largest absolute Gasteiger partial charge is 0.497 e. The third kappa shape index (κ3) is 4.01. The first-order valence-electron chi connectivity index (χ1n) is 6.38. The minimum Gasteiger partial charge on any atom is -0.497 e. The summed E-state index contributed by atoms with van der Waals surface area (Å²) in [4.78, 5) is 16.0. The lowest BCUT2D eigenvalue weighted by Crippen LogP contribution is -2.28. The number of ether oxygens (including phenoxy) is 1. The second-order valence-corrected chi connectivity index (χ2v) is 5.27. The highest BCUT2D eigenvalue weighted by molar-refractivity contribution is 7.09. The maximum absolute atomic E-state index is 11.9. The number of carbonyl (C=O) groups excluding carboxylic acids is 1. The molecule has 112 valence electrons. The Balaban J connectivity index is 1.90. The fraction of sp³-hybridized carbons (Fsp3) is 0.286. The lowest BCUT2D eigenvalue weighted by atomic mass is 10.1. The topological polar surface area (TPSA) is 97.5 Å². The van der Waals surface area contributed by atoms with E-state index in [2.05, 4.69) is 10.3 Å². The van der Waals surface area contributed by atoms with E-state index >= 15 is 0 Å². The summed E-state index contributed by atoms with van der Waals surface area (Å²) in [5.41, 5.74) is 6.48. The van der Waals surface area contributed by atoms with Crippen molar-refractivity contribution in [1.82, 2.24) is 10.3 Å². The Hall–Kier alpha value is -1.96. The highest BCUT2D eigenvalue weighted by atomic mass is 32.1. The number of nitrogens with one attached hydrogen (secondary N) is 1. The van der Waals surface area contributed by atoms with Crippen LogP contribution in [-0.4, -0.2) is 29.7 Å². The lowest BCUT2D eigenvalue weighted by Gasteiger charge is -2.12. The van der Waals surface area contributed by atoms with Crippen LogP contribution in [0.25, 0.3) is 0 Å². The van der Waals surface area contributed by atoms with Gasteiger partial charge >= 0.3 is 0 Å². The SMILES string of the molecule is COc1ccc(C(O)CNC(=O)c2csc(CN)n2)cc1. The van der Waals surface area contributed by atoms with Crippen LogP contribution in [0, 0.1) is 0 Å². The molecule has 2 rings (SSSR count). The van der Waals surface area contributed by atoms with Crippen LogP contribution in [0.2, 0.25) is 0 Å². The average molecular weight is 307 g/mol. The van der Waals surface area contributed by atoms with Gasteiger partial charge in [0.05, 0.1) is 13.2 Å². The van der Waals surface area contributed by atoms with Crippen molar-refractivity contribution in [3.63, 3.8) is 0 Å². The van der Waals surface area contributed by atoms with E-state index in [1.807, 2.05) is 0 Å². The molecule has 0 aliphatic carbocycles. The molecular weight excluding hydrogens is 290 g/mol. The third-order valence-corrected chi connectivity index (χ3v) is 3.79. The second kappa shape index (κ2) is 7.16. The van der Waals surface area contributed by atoms with E-state index < -0.39 is 6.10 Å². The van der Waals surface area contributed by atoms with E-state index in [1.165, 1.54) is 11.3 Å². The molecule has 0 aliphatic rings. The number of methoxy groups -OCH3 is 1. The molecule has 0 fully saturated rings. The molecule has 1 atom stereocenters. The van der Waals surface area contributed by atoms with Crippen LogP contribution >= 0.6 is 11.3 Å². The number of thiazole rings is 1. The molecule has 7 heteroatoms. The van der Waals surface area contributed by atoms with E-state index in [0.29, 0.717) is 28.6 Å². The summed E-state index contributed by atoms with van der Waals surface area (Å²) in [7, 11) is 1.58. The molecule has 1 aromatic carbocycles. The van der Waals surface area contributed by atoms with E-state index in [9.17, 15) is 9.90 Å². The summed E-state index contributed by atoms with van der Waals surface area (Å²) in [6, 6.07) is 7.03. The summed E-state index contributed by atoms with van der Waals surface area (Å²) in [5, 5.41) is 15.0. The van der Waals surface area contributed by atoms with E-state index in [-0.39, 0.29) is 12.5 Å². The van der Waals surface area contributed by atoms with Gasteiger partial charge in [-0.25, -0.2) is 4.98 Å². The Kier molecular flexibility index (Phi) is 5.26. The fourth-order valence-electron chi connectivity index (χ4n) is 1.73. The Bertz CT molecular complexity index is 598. The lowest BCUT2D eigenvalue weighted by molar-refractivity contribution is 0.0912. The number of amides is 1. The molecule has 1 aromatic heterocycles. The van der Waals surface area contributed by atoms with Gasteiger partial charge in [0.15, 0.2) is 0 Å². The van der Waals surface area contributed by atoms with Crippen LogP contribution in [0.1, 0.15) is 27.2 Å². The first-order valence-corrected chi connectivity index (χ1v) is 7.26. The van der Waals surface area contributed by atoms with Gasteiger partial charge in [-0.05, 0) is 17.7 Å². The van der Waals surface area contributed by atoms with E-state index in [0.717, 1.165) is 0 Å². The van der Waals surface area contributed by atoms with Gasteiger partial charge in [-0.1, -0.05) is 12.1 Å². The van der Waals surface area contributed by atoms with Crippen LogP contribution in [0.15, 0.2) is 29.6 Å². The number of nitrogens with two attached hydrogens (primary N) is 1. The maximum atomic E-state index is 11.9. The predicted octanol–water partition coefficient (Wildman–Crippen LogP) is 1.07. The zero-order valence-electron chi connectivity index (χ0n) is 11.6. The number of aliphatic hydroxyl groups is 1. The molecule has 0 saturated carbocycles. The molecule has 0 saturated heterocycles. The van der Waals surface area contributed by atoms with Crippen molar-refractivity contribution < 1.29 is 14.6 Å². The molecule has 1 amide bonds. The van der Waals surface area contributed by atoms with Crippen molar-refractivity contribution in [1.29, 1.82) is 0 Å². The highest BCUT2D eigenvalue weighted by Gasteiger charge is 2.13. The Morgan fingerprint density at radius 1 is 1.48 bits per heavy atom. The Labute approximate surface area is 126 Å². The first-order chi connectivity index (χ1) is 10.1. The van der Waals surface area contributed by atoms with Gasteiger partial charge in [0.25, 0.3) is 5.91 Å². The van der Waals surface area contributed by atoms with Gasteiger partial charge in [0.1, 0.15) is 16.5 Å². The van der Waals surface area contributed by atoms with Crippen molar-refractivity contribution in [2.45, 2.75) is 12.6 Å². The molecule has 0 aliphatic heterocycles. The van der Waals surface area contributed by atoms with Crippen molar-refractivity contribution in [2.24, 2.45) is 5.73 Å². The zero-order chi connectivity index (χ0) is 15.2. The number of hydrogen-bond donors (Lipinski definition) is 3. The summed E-state index contributed by atoms with van der Waals surface area (Å²) >= 11 is 1.34. The minimum atomic E-state index is -0.785. The maximum Gasteiger partial charge on any atom is 0.270 e. The van der Waals surface area contributed by atoms with Crippen molar-refractivity contribution in [3.05, 3.63) is 45.9 Å². The molecule has 0 bridgehead atoms. The molecule has 2 aromatic rings. The van der Waals surface area contributed by atoms with Gasteiger partial charge in [0.2, 0.25) is 0 Å². The van der Waals surface area contributed by atoms with Crippen LogP contribution in [-0.2, 0) is 6.54 Å². The molecule has 6 nitrogen and oxygen atoms in total. The number of carbonyl (C=O) groups is 1. The third-order valence-electron chi connectivity index (χ3n) is 2.92. The summed E-state index contributed by atoms with van der Waals surface area (Å²) in [6.45, 7) is 0.424. The van der Waals surface area contributed by atoms with Crippen LogP contribution in [0.5, 0.6) is 5.75 Å². The molecule has 4 N–H and O–H groups in total. The second-order valence-electron chi connectivity index (χ2n) is 4.33. The van der Waals surface area contributed by atoms with Gasteiger partial charge in [0, 0.05) is 18.5 Å². The van der Waals surface area contributed by atoms with Gasteiger partial charge in [-0.2, -0.15) is 0 Å².